The summed E-state index contributed by atoms with van der Waals surface area (Å²) in [6, 6.07) is 11.2. The van der Waals surface area contributed by atoms with Crippen molar-refractivity contribution in [2.24, 2.45) is 0 Å². The number of aromatic carboxylic acids is 1. The second kappa shape index (κ2) is 7.87. The number of aromatic nitrogens is 1. The first-order valence-electron chi connectivity index (χ1n) is 8.58. The lowest BCUT2D eigenvalue weighted by molar-refractivity contribution is 0.0662. The summed E-state index contributed by atoms with van der Waals surface area (Å²) < 4.78 is 10.4. The van der Waals surface area contributed by atoms with Gasteiger partial charge < -0.3 is 14.3 Å². The minimum absolute atomic E-state index is 0.0837. The summed E-state index contributed by atoms with van der Waals surface area (Å²) >= 11 is 0. The lowest BCUT2D eigenvalue weighted by atomic mass is 9.98. The molecule has 0 unspecified atom stereocenters. The van der Waals surface area contributed by atoms with Gasteiger partial charge in [-0.3, -0.25) is 4.98 Å². The fourth-order valence-electron chi connectivity index (χ4n) is 2.81. The van der Waals surface area contributed by atoms with Gasteiger partial charge in [0.15, 0.2) is 0 Å². The van der Waals surface area contributed by atoms with Gasteiger partial charge in [0.2, 0.25) is 5.76 Å². The number of carbonyl (C=O) groups is 1. The molecule has 0 amide bonds. The van der Waals surface area contributed by atoms with Crippen molar-refractivity contribution in [3.05, 3.63) is 60.2 Å². The molecule has 26 heavy (non-hydrogen) atoms. The first-order chi connectivity index (χ1) is 12.6. The number of rotatable bonds is 7. The standard InChI is InChI=1S/C21H21NO4/c1-3-4-5-14-10-18(16-11-19(21(23)24)26-13-16)20(22-12-14)15-6-8-17(25-2)9-7-15/h6-13H,3-5H2,1-2H3,(H,23,24). The van der Waals surface area contributed by atoms with Crippen molar-refractivity contribution in [3.8, 4) is 28.1 Å². The molecule has 0 fully saturated rings. The Morgan fingerprint density at radius 1 is 1.19 bits per heavy atom. The highest BCUT2D eigenvalue weighted by molar-refractivity contribution is 5.88. The summed E-state index contributed by atoms with van der Waals surface area (Å²) in [7, 11) is 1.63. The minimum atomic E-state index is -1.09. The summed E-state index contributed by atoms with van der Waals surface area (Å²) in [5.41, 5.74) is 4.41. The molecule has 0 spiro atoms. The Hall–Kier alpha value is -3.08. The van der Waals surface area contributed by atoms with Crippen LogP contribution < -0.4 is 4.74 Å². The summed E-state index contributed by atoms with van der Waals surface area (Å²) in [5.74, 6) is -0.400. The van der Waals surface area contributed by atoms with E-state index in [0.717, 1.165) is 47.4 Å². The van der Waals surface area contributed by atoms with Crippen LogP contribution in [-0.2, 0) is 6.42 Å². The molecule has 2 heterocycles. The summed E-state index contributed by atoms with van der Waals surface area (Å²) in [4.78, 5) is 15.8. The number of methoxy groups -OCH3 is 1. The van der Waals surface area contributed by atoms with Gasteiger partial charge in [-0.2, -0.15) is 0 Å². The number of hydrogen-bond donors (Lipinski definition) is 1. The van der Waals surface area contributed by atoms with Crippen molar-refractivity contribution < 1.29 is 19.1 Å². The highest BCUT2D eigenvalue weighted by atomic mass is 16.5. The molecule has 2 aromatic heterocycles. The average Bonchev–Trinajstić information content (AvgIpc) is 3.17. The minimum Gasteiger partial charge on any atom is -0.497 e. The number of pyridine rings is 1. The monoisotopic (exact) mass is 351 g/mol. The second-order valence-corrected chi connectivity index (χ2v) is 6.08. The van der Waals surface area contributed by atoms with Gasteiger partial charge in [-0.25, -0.2) is 4.79 Å². The van der Waals surface area contributed by atoms with Crippen LogP contribution in [0.2, 0.25) is 0 Å². The molecule has 0 aliphatic heterocycles. The van der Waals surface area contributed by atoms with E-state index in [2.05, 4.69) is 18.0 Å². The number of benzene rings is 1. The third-order valence-corrected chi connectivity index (χ3v) is 4.25. The lowest BCUT2D eigenvalue weighted by Crippen LogP contribution is -1.94. The molecule has 0 saturated heterocycles. The molecule has 134 valence electrons. The van der Waals surface area contributed by atoms with E-state index in [1.165, 1.54) is 12.3 Å². The van der Waals surface area contributed by atoms with Gasteiger partial charge in [0, 0.05) is 22.9 Å². The van der Waals surface area contributed by atoms with Crippen molar-refractivity contribution >= 4 is 5.97 Å². The number of carboxylic acid groups (broad SMARTS) is 1. The fraction of sp³-hybridized carbons (Fsp3) is 0.238. The van der Waals surface area contributed by atoms with E-state index in [1.807, 2.05) is 30.5 Å². The Balaban J connectivity index is 2.07. The van der Waals surface area contributed by atoms with Crippen molar-refractivity contribution in [2.45, 2.75) is 26.2 Å². The highest BCUT2D eigenvalue weighted by Crippen LogP contribution is 2.33. The normalized spacial score (nSPS) is 10.7. The molecule has 0 bridgehead atoms. The first kappa shape index (κ1) is 17.7. The summed E-state index contributed by atoms with van der Waals surface area (Å²) in [5, 5.41) is 9.14. The Bertz CT molecular complexity index is 897. The third-order valence-electron chi connectivity index (χ3n) is 4.25. The molecule has 5 nitrogen and oxygen atoms in total. The van der Waals surface area contributed by atoms with Gasteiger partial charge in [-0.15, -0.1) is 0 Å². The van der Waals surface area contributed by atoms with E-state index < -0.39 is 5.97 Å². The van der Waals surface area contributed by atoms with Crippen LogP contribution in [0.1, 0.15) is 35.9 Å². The van der Waals surface area contributed by atoms with Crippen LogP contribution in [0.4, 0.5) is 0 Å². The number of furan rings is 1. The molecule has 0 atom stereocenters. The Morgan fingerprint density at radius 3 is 2.58 bits per heavy atom. The maximum Gasteiger partial charge on any atom is 0.371 e. The Labute approximate surface area is 152 Å². The predicted molar refractivity (Wildman–Crippen MR) is 99.5 cm³/mol. The topological polar surface area (TPSA) is 72.6 Å². The zero-order valence-corrected chi connectivity index (χ0v) is 14.9. The quantitative estimate of drug-likeness (QED) is 0.644. The van der Waals surface area contributed by atoms with Crippen LogP contribution in [0.3, 0.4) is 0 Å². The predicted octanol–water partition coefficient (Wildman–Crippen LogP) is 5.06. The Morgan fingerprint density at radius 2 is 1.96 bits per heavy atom. The van der Waals surface area contributed by atoms with Crippen LogP contribution in [-0.4, -0.2) is 23.2 Å². The van der Waals surface area contributed by atoms with Crippen LogP contribution in [0, 0.1) is 0 Å². The maximum atomic E-state index is 11.2. The van der Waals surface area contributed by atoms with E-state index in [-0.39, 0.29) is 5.76 Å². The molecule has 0 saturated carbocycles. The maximum absolute atomic E-state index is 11.2. The van der Waals surface area contributed by atoms with Gasteiger partial charge in [-0.05, 0) is 54.8 Å². The van der Waals surface area contributed by atoms with E-state index in [1.54, 1.807) is 7.11 Å². The van der Waals surface area contributed by atoms with Crippen LogP contribution in [0.15, 0.2) is 53.3 Å². The first-order valence-corrected chi connectivity index (χ1v) is 8.58. The van der Waals surface area contributed by atoms with Gasteiger partial charge in [0.25, 0.3) is 0 Å². The zero-order valence-electron chi connectivity index (χ0n) is 14.9. The van der Waals surface area contributed by atoms with Gasteiger partial charge in [-0.1, -0.05) is 13.3 Å². The largest absolute Gasteiger partial charge is 0.497 e. The highest BCUT2D eigenvalue weighted by Gasteiger charge is 2.16. The molecular weight excluding hydrogens is 330 g/mol. The molecule has 0 aliphatic carbocycles. The molecule has 3 rings (SSSR count). The lowest BCUT2D eigenvalue weighted by Gasteiger charge is -2.10. The van der Waals surface area contributed by atoms with Gasteiger partial charge >= 0.3 is 5.97 Å². The number of carboxylic acids is 1. The van der Waals surface area contributed by atoms with Crippen LogP contribution >= 0.6 is 0 Å². The van der Waals surface area contributed by atoms with E-state index in [9.17, 15) is 4.79 Å². The SMILES string of the molecule is CCCCc1cnc(-c2ccc(OC)cc2)c(-c2coc(C(=O)O)c2)c1. The molecular formula is C21H21NO4. The fourth-order valence-corrected chi connectivity index (χ4v) is 2.81. The third kappa shape index (κ3) is 3.77. The molecule has 3 aromatic rings. The number of unbranched alkanes of at least 4 members (excludes halogenated alkanes) is 1. The van der Waals surface area contributed by atoms with Crippen LogP contribution in [0.25, 0.3) is 22.4 Å². The summed E-state index contributed by atoms with van der Waals surface area (Å²) in [6.07, 6.45) is 6.47. The van der Waals surface area contributed by atoms with Crippen molar-refractivity contribution in [3.63, 3.8) is 0 Å². The van der Waals surface area contributed by atoms with Crippen molar-refractivity contribution in [2.75, 3.05) is 7.11 Å². The molecule has 0 radical (unpaired) electrons. The van der Waals surface area contributed by atoms with Gasteiger partial charge in [0.1, 0.15) is 5.75 Å². The van der Waals surface area contributed by atoms with Crippen molar-refractivity contribution in [1.29, 1.82) is 0 Å². The smallest absolute Gasteiger partial charge is 0.371 e. The number of hydrogen-bond acceptors (Lipinski definition) is 4. The van der Waals surface area contributed by atoms with E-state index in [0.29, 0.717) is 5.56 Å². The van der Waals surface area contributed by atoms with E-state index in [4.69, 9.17) is 14.3 Å². The Kier molecular flexibility index (Phi) is 5.37. The molecule has 1 N–H and O–H groups in total. The average molecular weight is 351 g/mol. The van der Waals surface area contributed by atoms with Crippen molar-refractivity contribution in [1.82, 2.24) is 4.98 Å². The zero-order chi connectivity index (χ0) is 18.5. The molecule has 1 aromatic carbocycles. The van der Waals surface area contributed by atoms with Gasteiger partial charge in [0.05, 0.1) is 19.1 Å². The van der Waals surface area contributed by atoms with E-state index >= 15 is 0 Å². The summed E-state index contributed by atoms with van der Waals surface area (Å²) in [6.45, 7) is 2.15. The number of ether oxygens (including phenoxy) is 1. The molecule has 0 aliphatic rings. The number of nitrogens with zero attached hydrogens (tertiary/aromatic N) is 1. The molecule has 5 heteroatoms. The van der Waals surface area contributed by atoms with Crippen LogP contribution in [0.5, 0.6) is 5.75 Å². The number of aryl methyl sites for hydroxylation is 1. The second-order valence-electron chi connectivity index (χ2n) is 6.08.